The van der Waals surface area contributed by atoms with E-state index in [4.69, 9.17) is 4.42 Å². The van der Waals surface area contributed by atoms with Crippen molar-refractivity contribution >= 4 is 11.0 Å². The second-order valence-corrected chi connectivity index (χ2v) is 4.71. The fourth-order valence-corrected chi connectivity index (χ4v) is 2.36. The van der Waals surface area contributed by atoms with Gasteiger partial charge in [-0.2, -0.15) is 0 Å². The lowest BCUT2D eigenvalue weighted by molar-refractivity contribution is 0.431. The van der Waals surface area contributed by atoms with Gasteiger partial charge in [0.1, 0.15) is 11.5 Å². The molecule has 3 aromatic rings. The van der Waals surface area contributed by atoms with Gasteiger partial charge in [0.25, 0.3) is 0 Å². The average molecular weight is 267 g/mol. The van der Waals surface area contributed by atoms with Crippen LogP contribution in [0, 0.1) is 0 Å². The van der Waals surface area contributed by atoms with Gasteiger partial charge < -0.3 is 9.73 Å². The molecule has 102 valence electrons. The topological polar surface area (TPSA) is 51.0 Å². The van der Waals surface area contributed by atoms with Crippen LogP contribution < -0.4 is 5.32 Å². The number of benzene rings is 1. The number of nitrogens with zero attached hydrogens (tertiary/aromatic N) is 2. The van der Waals surface area contributed by atoms with E-state index in [2.05, 4.69) is 22.2 Å². The molecular formula is C16H17N3O. The summed E-state index contributed by atoms with van der Waals surface area (Å²) >= 11 is 0. The van der Waals surface area contributed by atoms with Gasteiger partial charge in [-0.15, -0.1) is 0 Å². The van der Waals surface area contributed by atoms with E-state index in [-0.39, 0.29) is 6.04 Å². The van der Waals surface area contributed by atoms with Gasteiger partial charge in [0.15, 0.2) is 0 Å². The second-order valence-electron chi connectivity index (χ2n) is 4.71. The summed E-state index contributed by atoms with van der Waals surface area (Å²) in [6.07, 6.45) is 4.40. The van der Waals surface area contributed by atoms with Crippen molar-refractivity contribution in [1.29, 1.82) is 0 Å². The zero-order chi connectivity index (χ0) is 13.9. The predicted molar refractivity (Wildman–Crippen MR) is 79.3 cm³/mol. The SMILES string of the molecule is CCC(NC)c1ccc(-c2ccc3nccnc3c2)o1. The Hall–Kier alpha value is -2.20. The molecule has 20 heavy (non-hydrogen) atoms. The Morgan fingerprint density at radius 2 is 1.90 bits per heavy atom. The van der Waals surface area contributed by atoms with E-state index in [0.29, 0.717) is 0 Å². The van der Waals surface area contributed by atoms with Gasteiger partial charge in [0, 0.05) is 18.0 Å². The van der Waals surface area contributed by atoms with Crippen LogP contribution in [-0.4, -0.2) is 17.0 Å². The molecule has 3 rings (SSSR count). The molecule has 0 aliphatic heterocycles. The zero-order valence-electron chi connectivity index (χ0n) is 11.6. The van der Waals surface area contributed by atoms with E-state index in [0.717, 1.165) is 34.5 Å². The lowest BCUT2D eigenvalue weighted by atomic mass is 10.1. The number of nitrogens with one attached hydrogen (secondary N) is 1. The molecule has 1 aromatic carbocycles. The Bertz CT molecular complexity index is 716. The Kier molecular flexibility index (Phi) is 3.48. The molecule has 2 aromatic heterocycles. The molecule has 0 aliphatic rings. The summed E-state index contributed by atoms with van der Waals surface area (Å²) in [5.74, 6) is 1.82. The summed E-state index contributed by atoms with van der Waals surface area (Å²) in [6, 6.07) is 10.3. The summed E-state index contributed by atoms with van der Waals surface area (Å²) in [6.45, 7) is 2.13. The smallest absolute Gasteiger partial charge is 0.134 e. The first-order valence-electron chi connectivity index (χ1n) is 6.80. The van der Waals surface area contributed by atoms with E-state index in [1.54, 1.807) is 12.4 Å². The van der Waals surface area contributed by atoms with Crippen molar-refractivity contribution in [1.82, 2.24) is 15.3 Å². The van der Waals surface area contributed by atoms with E-state index >= 15 is 0 Å². The average Bonchev–Trinajstić information content (AvgIpc) is 2.98. The van der Waals surface area contributed by atoms with Crippen LogP contribution in [0.5, 0.6) is 0 Å². The van der Waals surface area contributed by atoms with Crippen LogP contribution in [0.15, 0.2) is 47.1 Å². The molecule has 4 nitrogen and oxygen atoms in total. The predicted octanol–water partition coefficient (Wildman–Crippen LogP) is 3.56. The minimum absolute atomic E-state index is 0.254. The lowest BCUT2D eigenvalue weighted by Gasteiger charge is -2.09. The van der Waals surface area contributed by atoms with Crippen molar-refractivity contribution in [2.75, 3.05) is 7.05 Å². The van der Waals surface area contributed by atoms with Gasteiger partial charge in [0.2, 0.25) is 0 Å². The molecule has 1 N–H and O–H groups in total. The first kappa shape index (κ1) is 12.8. The summed E-state index contributed by atoms with van der Waals surface area (Å²) in [4.78, 5) is 8.60. The molecule has 0 saturated heterocycles. The number of aromatic nitrogens is 2. The van der Waals surface area contributed by atoms with Crippen LogP contribution in [0.2, 0.25) is 0 Å². The van der Waals surface area contributed by atoms with Crippen molar-refractivity contribution in [3.05, 3.63) is 48.5 Å². The minimum atomic E-state index is 0.254. The Morgan fingerprint density at radius 1 is 1.10 bits per heavy atom. The molecule has 0 bridgehead atoms. The van der Waals surface area contributed by atoms with Crippen LogP contribution in [-0.2, 0) is 0 Å². The van der Waals surface area contributed by atoms with Gasteiger partial charge in [-0.3, -0.25) is 9.97 Å². The third-order valence-corrected chi connectivity index (χ3v) is 3.48. The van der Waals surface area contributed by atoms with Crippen molar-refractivity contribution < 1.29 is 4.42 Å². The monoisotopic (exact) mass is 267 g/mol. The molecular weight excluding hydrogens is 250 g/mol. The van der Waals surface area contributed by atoms with Gasteiger partial charge in [-0.25, -0.2) is 0 Å². The van der Waals surface area contributed by atoms with Crippen LogP contribution in [0.1, 0.15) is 25.1 Å². The van der Waals surface area contributed by atoms with Crippen molar-refractivity contribution in [2.24, 2.45) is 0 Å². The number of fused-ring (bicyclic) bond motifs is 1. The molecule has 0 fully saturated rings. The van der Waals surface area contributed by atoms with Gasteiger partial charge in [-0.05, 0) is 43.8 Å². The third kappa shape index (κ3) is 2.30. The number of rotatable bonds is 4. The third-order valence-electron chi connectivity index (χ3n) is 3.48. The highest BCUT2D eigenvalue weighted by Gasteiger charge is 2.12. The van der Waals surface area contributed by atoms with Crippen LogP contribution in [0.3, 0.4) is 0 Å². The Labute approximate surface area is 117 Å². The minimum Gasteiger partial charge on any atom is -0.459 e. The van der Waals surface area contributed by atoms with Crippen molar-refractivity contribution in [3.8, 4) is 11.3 Å². The summed E-state index contributed by atoms with van der Waals surface area (Å²) in [7, 11) is 1.95. The first-order valence-corrected chi connectivity index (χ1v) is 6.80. The number of furan rings is 1. The maximum atomic E-state index is 5.95. The lowest BCUT2D eigenvalue weighted by Crippen LogP contribution is -2.14. The van der Waals surface area contributed by atoms with E-state index < -0.39 is 0 Å². The first-order chi connectivity index (χ1) is 9.81. The highest BCUT2D eigenvalue weighted by molar-refractivity contribution is 5.79. The Balaban J connectivity index is 1.98. The fraction of sp³-hybridized carbons (Fsp3) is 0.250. The summed E-state index contributed by atoms with van der Waals surface area (Å²) in [5, 5.41) is 3.25. The molecule has 1 unspecified atom stereocenters. The van der Waals surface area contributed by atoms with E-state index in [1.807, 2.05) is 37.4 Å². The van der Waals surface area contributed by atoms with Gasteiger partial charge in [-0.1, -0.05) is 6.92 Å². The molecule has 4 heteroatoms. The fourth-order valence-electron chi connectivity index (χ4n) is 2.36. The Morgan fingerprint density at radius 3 is 2.65 bits per heavy atom. The molecule has 0 aliphatic carbocycles. The van der Waals surface area contributed by atoms with Gasteiger partial charge in [0.05, 0.1) is 17.1 Å². The molecule has 0 saturated carbocycles. The van der Waals surface area contributed by atoms with Crippen LogP contribution >= 0.6 is 0 Å². The molecule has 0 radical (unpaired) electrons. The second kappa shape index (κ2) is 5.43. The molecule has 1 atom stereocenters. The summed E-state index contributed by atoms with van der Waals surface area (Å²) in [5.41, 5.74) is 2.79. The maximum absolute atomic E-state index is 5.95. The van der Waals surface area contributed by atoms with Crippen LogP contribution in [0.25, 0.3) is 22.4 Å². The highest BCUT2D eigenvalue weighted by atomic mass is 16.3. The standard InChI is InChI=1S/C16H17N3O/c1-3-12(17-2)16-7-6-15(20-16)11-4-5-13-14(10-11)19-9-8-18-13/h4-10,12,17H,3H2,1-2H3. The van der Waals surface area contributed by atoms with Crippen molar-refractivity contribution in [2.45, 2.75) is 19.4 Å². The molecule has 0 amide bonds. The number of hydrogen-bond acceptors (Lipinski definition) is 4. The maximum Gasteiger partial charge on any atom is 0.134 e. The van der Waals surface area contributed by atoms with Crippen LogP contribution in [0.4, 0.5) is 0 Å². The van der Waals surface area contributed by atoms with Crippen molar-refractivity contribution in [3.63, 3.8) is 0 Å². The highest BCUT2D eigenvalue weighted by Crippen LogP contribution is 2.27. The quantitative estimate of drug-likeness (QED) is 0.785. The van der Waals surface area contributed by atoms with E-state index in [1.165, 1.54) is 0 Å². The molecule has 0 spiro atoms. The number of hydrogen-bond donors (Lipinski definition) is 1. The normalized spacial score (nSPS) is 12.7. The zero-order valence-corrected chi connectivity index (χ0v) is 11.6. The van der Waals surface area contributed by atoms with E-state index in [9.17, 15) is 0 Å². The summed E-state index contributed by atoms with van der Waals surface area (Å²) < 4.78 is 5.95. The largest absolute Gasteiger partial charge is 0.459 e. The van der Waals surface area contributed by atoms with Gasteiger partial charge >= 0.3 is 0 Å². The molecule has 2 heterocycles.